The van der Waals surface area contributed by atoms with Gasteiger partial charge in [0.25, 0.3) is 11.8 Å². The lowest BCUT2D eigenvalue weighted by molar-refractivity contribution is -0.136. The van der Waals surface area contributed by atoms with Gasteiger partial charge in [-0.15, -0.1) is 0 Å². The van der Waals surface area contributed by atoms with E-state index in [9.17, 15) is 19.2 Å². The number of nitrogens with zero attached hydrogens (tertiary/aromatic N) is 1. The Hall–Kier alpha value is -3.52. The Labute approximate surface area is 173 Å². The van der Waals surface area contributed by atoms with Crippen molar-refractivity contribution in [2.24, 2.45) is 0 Å². The van der Waals surface area contributed by atoms with Crippen molar-refractivity contribution in [3.05, 3.63) is 65.3 Å². The maximum absolute atomic E-state index is 13.1. The number of aliphatic hydroxyl groups is 1. The van der Waals surface area contributed by atoms with Crippen LogP contribution >= 0.6 is 0 Å². The molecule has 1 fully saturated rings. The summed E-state index contributed by atoms with van der Waals surface area (Å²) >= 11 is 0. The lowest BCUT2D eigenvalue weighted by Crippen LogP contribution is -2.54. The van der Waals surface area contributed by atoms with E-state index < -0.39 is 29.7 Å². The molecule has 2 heterocycles. The lowest BCUT2D eigenvalue weighted by Gasteiger charge is -2.27. The summed E-state index contributed by atoms with van der Waals surface area (Å²) in [4.78, 5) is 50.4. The first-order valence-corrected chi connectivity index (χ1v) is 9.55. The van der Waals surface area contributed by atoms with Crippen LogP contribution in [0.1, 0.15) is 40.5 Å². The smallest absolute Gasteiger partial charge is 0.264 e. The molecule has 1 unspecified atom stereocenters. The highest BCUT2D eigenvalue weighted by atomic mass is 16.3. The maximum Gasteiger partial charge on any atom is 0.264 e. The fraction of sp³-hybridized carbons (Fsp3) is 0.273. The number of amides is 4. The summed E-state index contributed by atoms with van der Waals surface area (Å²) in [7, 11) is 0. The third-order valence-corrected chi connectivity index (χ3v) is 5.04. The first-order valence-electron chi connectivity index (χ1n) is 9.55. The van der Waals surface area contributed by atoms with Crippen molar-refractivity contribution in [1.82, 2.24) is 10.2 Å². The molecule has 0 saturated carbocycles. The molecule has 0 radical (unpaired) electrons. The number of carbonyl (C=O) groups is 4. The Morgan fingerprint density at radius 3 is 2.70 bits per heavy atom. The van der Waals surface area contributed by atoms with Crippen molar-refractivity contribution in [2.75, 3.05) is 18.5 Å². The standard InChI is InChI=1S/C22H23N3O5/c1-3-14(8-7-13(2)12-26)11-23-16-6-4-5-15-19(16)22(30)25(21(15)29)17-9-10-18(27)24-20(17)28/h3-8,17,23,26H,1,9-12H2,2H3,(H,24,27,28)/b13-7+,14-8+. The van der Waals surface area contributed by atoms with Crippen molar-refractivity contribution < 1.29 is 24.3 Å². The van der Waals surface area contributed by atoms with Crippen LogP contribution in [0.15, 0.2) is 54.2 Å². The fourth-order valence-corrected chi connectivity index (χ4v) is 3.36. The predicted molar refractivity (Wildman–Crippen MR) is 111 cm³/mol. The number of piperidine rings is 1. The Morgan fingerprint density at radius 2 is 2.03 bits per heavy atom. The third-order valence-electron chi connectivity index (χ3n) is 5.04. The molecule has 1 aromatic carbocycles. The van der Waals surface area contributed by atoms with Crippen molar-refractivity contribution >= 4 is 29.3 Å². The molecule has 8 nitrogen and oxygen atoms in total. The number of aliphatic hydroxyl groups excluding tert-OH is 1. The van der Waals surface area contributed by atoms with Crippen LogP contribution in [0.5, 0.6) is 0 Å². The van der Waals surface area contributed by atoms with Gasteiger partial charge in [-0.05, 0) is 36.6 Å². The van der Waals surface area contributed by atoms with Crippen LogP contribution in [0, 0.1) is 0 Å². The molecule has 8 heteroatoms. The number of nitrogens with one attached hydrogen (secondary N) is 2. The summed E-state index contributed by atoms with van der Waals surface area (Å²) < 4.78 is 0. The summed E-state index contributed by atoms with van der Waals surface area (Å²) in [6, 6.07) is 3.89. The summed E-state index contributed by atoms with van der Waals surface area (Å²) in [6.07, 6.45) is 5.41. The average molecular weight is 409 g/mol. The van der Waals surface area contributed by atoms with E-state index in [1.54, 1.807) is 43.4 Å². The van der Waals surface area contributed by atoms with Gasteiger partial charge in [-0.3, -0.25) is 29.4 Å². The SMILES string of the molecule is C=C/C(=C\C=C(/C)CO)CNc1cccc2c1C(=O)N(C1CCC(=O)NC1=O)C2=O. The number of benzene rings is 1. The minimum atomic E-state index is -1.00. The van der Waals surface area contributed by atoms with Crippen LogP contribution in [0.4, 0.5) is 5.69 Å². The second-order valence-electron chi connectivity index (χ2n) is 7.15. The fourth-order valence-electron chi connectivity index (χ4n) is 3.36. The topological polar surface area (TPSA) is 116 Å². The molecule has 30 heavy (non-hydrogen) atoms. The maximum atomic E-state index is 13.1. The number of carbonyl (C=O) groups excluding carboxylic acids is 4. The molecular formula is C22H23N3O5. The summed E-state index contributed by atoms with van der Waals surface area (Å²) in [5.74, 6) is -2.16. The molecule has 1 atom stereocenters. The largest absolute Gasteiger partial charge is 0.392 e. The molecule has 156 valence electrons. The van der Waals surface area contributed by atoms with Crippen LogP contribution in [0.3, 0.4) is 0 Å². The molecule has 0 spiro atoms. The van der Waals surface area contributed by atoms with Gasteiger partial charge in [0.05, 0.1) is 17.7 Å². The second-order valence-corrected chi connectivity index (χ2v) is 7.15. The molecule has 3 rings (SSSR count). The van der Waals surface area contributed by atoms with Gasteiger partial charge < -0.3 is 10.4 Å². The number of rotatable bonds is 7. The Morgan fingerprint density at radius 1 is 1.27 bits per heavy atom. The van der Waals surface area contributed by atoms with Gasteiger partial charge in [0, 0.05) is 18.7 Å². The molecule has 0 aliphatic carbocycles. The molecule has 0 aromatic heterocycles. The van der Waals surface area contributed by atoms with E-state index in [0.29, 0.717) is 12.2 Å². The zero-order valence-corrected chi connectivity index (χ0v) is 16.6. The van der Waals surface area contributed by atoms with Crippen molar-refractivity contribution in [2.45, 2.75) is 25.8 Å². The minimum absolute atomic E-state index is 0.0483. The van der Waals surface area contributed by atoms with E-state index in [4.69, 9.17) is 5.11 Å². The number of hydrogen-bond donors (Lipinski definition) is 3. The van der Waals surface area contributed by atoms with Crippen molar-refractivity contribution in [1.29, 1.82) is 0 Å². The Kier molecular flexibility index (Phi) is 6.27. The molecular weight excluding hydrogens is 386 g/mol. The Bertz CT molecular complexity index is 992. The number of hydrogen-bond acceptors (Lipinski definition) is 6. The number of fused-ring (bicyclic) bond motifs is 1. The van der Waals surface area contributed by atoms with E-state index in [1.807, 2.05) is 0 Å². The highest BCUT2D eigenvalue weighted by molar-refractivity contribution is 6.25. The molecule has 4 amide bonds. The van der Waals surface area contributed by atoms with Gasteiger partial charge in [-0.2, -0.15) is 0 Å². The highest BCUT2D eigenvalue weighted by Gasteiger charge is 2.45. The quantitative estimate of drug-likeness (QED) is 0.465. The lowest BCUT2D eigenvalue weighted by atomic mass is 10.0. The second kappa shape index (κ2) is 8.87. The third kappa shape index (κ3) is 4.08. The minimum Gasteiger partial charge on any atom is -0.392 e. The van der Waals surface area contributed by atoms with Gasteiger partial charge in [0.1, 0.15) is 6.04 Å². The van der Waals surface area contributed by atoms with E-state index in [1.165, 1.54) is 0 Å². The van der Waals surface area contributed by atoms with Crippen LogP contribution in [-0.2, 0) is 9.59 Å². The van der Waals surface area contributed by atoms with Gasteiger partial charge in [0.15, 0.2) is 0 Å². The van der Waals surface area contributed by atoms with Gasteiger partial charge in [-0.1, -0.05) is 30.9 Å². The van der Waals surface area contributed by atoms with E-state index in [0.717, 1.165) is 16.0 Å². The van der Waals surface area contributed by atoms with E-state index in [2.05, 4.69) is 17.2 Å². The van der Waals surface area contributed by atoms with Gasteiger partial charge in [0.2, 0.25) is 11.8 Å². The van der Waals surface area contributed by atoms with Crippen molar-refractivity contribution in [3.63, 3.8) is 0 Å². The summed E-state index contributed by atoms with van der Waals surface area (Å²) in [5.41, 5.74) is 2.50. The highest BCUT2D eigenvalue weighted by Crippen LogP contribution is 2.32. The monoisotopic (exact) mass is 409 g/mol. The first-order chi connectivity index (χ1) is 14.4. The molecule has 1 saturated heterocycles. The average Bonchev–Trinajstić information content (AvgIpc) is 2.99. The zero-order valence-electron chi connectivity index (χ0n) is 16.6. The number of anilines is 1. The number of imide groups is 2. The summed E-state index contributed by atoms with van der Waals surface area (Å²) in [5, 5.41) is 14.4. The Balaban J connectivity index is 1.84. The van der Waals surface area contributed by atoms with E-state index >= 15 is 0 Å². The van der Waals surface area contributed by atoms with Crippen LogP contribution in [0.25, 0.3) is 0 Å². The molecule has 1 aromatic rings. The van der Waals surface area contributed by atoms with Crippen LogP contribution < -0.4 is 10.6 Å². The van der Waals surface area contributed by atoms with Crippen LogP contribution in [-0.4, -0.2) is 52.8 Å². The molecule has 0 bridgehead atoms. The predicted octanol–water partition coefficient (Wildman–Crippen LogP) is 1.55. The van der Waals surface area contributed by atoms with Crippen molar-refractivity contribution in [3.8, 4) is 0 Å². The summed E-state index contributed by atoms with van der Waals surface area (Å²) in [6.45, 7) is 5.85. The normalized spacial score (nSPS) is 19.7. The molecule has 3 N–H and O–H groups in total. The molecule has 2 aliphatic heterocycles. The van der Waals surface area contributed by atoms with E-state index in [-0.39, 0.29) is 30.6 Å². The first kappa shape index (κ1) is 21.2. The van der Waals surface area contributed by atoms with Crippen LogP contribution in [0.2, 0.25) is 0 Å². The zero-order chi connectivity index (χ0) is 21.8. The van der Waals surface area contributed by atoms with Gasteiger partial charge in [-0.25, -0.2) is 0 Å². The number of allylic oxidation sites excluding steroid dienone is 2. The molecule has 2 aliphatic rings. The van der Waals surface area contributed by atoms with Gasteiger partial charge >= 0.3 is 0 Å².